The third-order valence-electron chi connectivity index (χ3n) is 28.3. The fourth-order valence-corrected chi connectivity index (χ4v) is 19.4. The van der Waals surface area contributed by atoms with E-state index in [9.17, 15) is 19.2 Å². The molecule has 4 aromatic carbocycles. The molecule has 0 aliphatic carbocycles. The summed E-state index contributed by atoms with van der Waals surface area (Å²) in [4.78, 5) is 104. The molecule has 0 spiro atoms. The van der Waals surface area contributed by atoms with Gasteiger partial charge < -0.3 is 24.3 Å². The van der Waals surface area contributed by atoms with Gasteiger partial charge in [0.15, 0.2) is 23.3 Å². The van der Waals surface area contributed by atoms with Crippen molar-refractivity contribution in [3.05, 3.63) is 199 Å². The number of aromatic nitrogens is 8. The third-order valence-corrected chi connectivity index (χ3v) is 28.3. The first kappa shape index (κ1) is 115. The smallest absolute Gasteiger partial charge is 0.277 e. The molecule has 0 bridgehead atoms. The maximum Gasteiger partial charge on any atom is 0.277 e. The second-order valence-electron chi connectivity index (χ2n) is 40.0. The van der Waals surface area contributed by atoms with Crippen LogP contribution in [-0.2, 0) is 25.7 Å². The minimum atomic E-state index is -0.0876. The van der Waals surface area contributed by atoms with Gasteiger partial charge in [0.05, 0.1) is 64.1 Å². The van der Waals surface area contributed by atoms with Crippen LogP contribution in [0.3, 0.4) is 0 Å². The lowest BCUT2D eigenvalue weighted by atomic mass is 9.91. The van der Waals surface area contributed by atoms with Crippen LogP contribution < -0.4 is 46.6 Å². The highest BCUT2D eigenvalue weighted by molar-refractivity contribution is 6.51. The Morgan fingerprint density at radius 1 is 0.315 bits per heavy atom. The number of aliphatic imine (C=N–C) groups is 4. The molecule has 12 rings (SSSR count). The molecule has 0 saturated heterocycles. The summed E-state index contributed by atoms with van der Waals surface area (Å²) in [5, 5.41) is 19.3. The van der Waals surface area contributed by atoms with Gasteiger partial charge in [-0.1, -0.05) is 201 Å². The Labute approximate surface area is 857 Å². The number of nitrogens with zero attached hydrogens (tertiary/aromatic N) is 20. The van der Waals surface area contributed by atoms with Gasteiger partial charge in [0.2, 0.25) is 0 Å². The Balaban J connectivity index is 0.000000213. The van der Waals surface area contributed by atoms with Crippen LogP contribution in [0.1, 0.15) is 404 Å². The molecule has 25 nitrogen and oxygen atoms in total. The first-order valence-corrected chi connectivity index (χ1v) is 55.1. The number of fused-ring (bicyclic) bond motifs is 4. The zero-order valence-electron chi connectivity index (χ0n) is 93.4. The molecule has 0 N–H and O–H groups in total. The van der Waals surface area contributed by atoms with Crippen molar-refractivity contribution >= 4 is 91.2 Å². The zero-order valence-corrected chi connectivity index (χ0v) is 93.4. The summed E-state index contributed by atoms with van der Waals surface area (Å²) in [5.74, 6) is 3.99. The normalized spacial score (nSPS) is 14.4. The molecule has 4 aliphatic heterocycles. The lowest BCUT2D eigenvalue weighted by Crippen LogP contribution is -2.28. The van der Waals surface area contributed by atoms with Crippen molar-refractivity contribution in [2.24, 2.45) is 64.0 Å². The highest BCUT2D eigenvalue weighted by atomic mass is 16.5. The molecule has 143 heavy (non-hydrogen) atoms. The summed E-state index contributed by atoms with van der Waals surface area (Å²) in [6, 6.07) is 25.3. The van der Waals surface area contributed by atoms with Crippen LogP contribution in [-0.4, -0.2) is 144 Å². The van der Waals surface area contributed by atoms with Crippen LogP contribution in [0.15, 0.2) is 132 Å². The Bertz CT molecular complexity index is 6110. The minimum Gasteiger partial charge on any atom is -0.494 e. The molecular weight excluding hydrogens is 1780 g/mol. The number of benzene rings is 4. The van der Waals surface area contributed by atoms with E-state index in [1.807, 2.05) is 26.0 Å². The van der Waals surface area contributed by atoms with Gasteiger partial charge in [-0.3, -0.25) is 19.2 Å². The fourth-order valence-electron chi connectivity index (χ4n) is 19.4. The summed E-state index contributed by atoms with van der Waals surface area (Å²) in [7, 11) is 1.66. The lowest BCUT2D eigenvalue weighted by Gasteiger charge is -2.22. The van der Waals surface area contributed by atoms with E-state index in [0.29, 0.717) is 51.7 Å². The van der Waals surface area contributed by atoms with Crippen molar-refractivity contribution in [1.29, 1.82) is 0 Å². The fraction of sp³-hybridized carbons (Fsp3) is 0.593. The average molecular weight is 1950 g/mol. The molecule has 2 unspecified atom stereocenters. The Morgan fingerprint density at radius 3 is 1.00 bits per heavy atom. The molecule has 25 heteroatoms. The largest absolute Gasteiger partial charge is 0.494 e. The van der Waals surface area contributed by atoms with Crippen LogP contribution in [0.5, 0.6) is 5.75 Å². The van der Waals surface area contributed by atoms with Crippen molar-refractivity contribution in [3.8, 4) is 5.75 Å². The molecule has 4 aromatic heterocycles. The number of rotatable bonds is 49. The number of anilines is 4. The highest BCUT2D eigenvalue weighted by Gasteiger charge is 2.38. The summed E-state index contributed by atoms with van der Waals surface area (Å²) in [5.41, 5.74) is 24.1. The third kappa shape index (κ3) is 28.3. The van der Waals surface area contributed by atoms with Crippen molar-refractivity contribution in [2.75, 3.05) is 79.1 Å². The Kier molecular flexibility index (Phi) is 45.4. The number of methoxy groups -OCH3 is 1. The van der Waals surface area contributed by atoms with E-state index in [-0.39, 0.29) is 57.7 Å². The summed E-state index contributed by atoms with van der Waals surface area (Å²) in [6.45, 7) is 69.3. The zero-order chi connectivity index (χ0) is 105. The van der Waals surface area contributed by atoms with Gasteiger partial charge in [-0.05, 0) is 274 Å². The van der Waals surface area contributed by atoms with Gasteiger partial charge in [0.25, 0.3) is 22.2 Å². The van der Waals surface area contributed by atoms with Crippen molar-refractivity contribution < 1.29 is 4.74 Å². The average Bonchev–Trinajstić information content (AvgIpc) is 1.60. The maximum atomic E-state index is 13.8. The maximum absolute atomic E-state index is 13.8. The van der Waals surface area contributed by atoms with E-state index in [1.54, 1.807) is 11.8 Å². The second kappa shape index (κ2) is 56.3. The topological polar surface area (TPSA) is 261 Å². The van der Waals surface area contributed by atoms with Gasteiger partial charge in [-0.25, -0.2) is 39.9 Å². The second-order valence-corrected chi connectivity index (χ2v) is 40.0. The summed E-state index contributed by atoms with van der Waals surface area (Å²) < 4.78 is 11.8. The first-order valence-electron chi connectivity index (χ1n) is 55.1. The molecule has 4 aliphatic rings. The van der Waals surface area contributed by atoms with Crippen molar-refractivity contribution in [1.82, 2.24) is 38.6 Å². The first-order chi connectivity index (χ1) is 68.8. The van der Waals surface area contributed by atoms with E-state index in [1.165, 1.54) is 69.6 Å². The molecule has 0 saturated carbocycles. The van der Waals surface area contributed by atoms with Gasteiger partial charge >= 0.3 is 0 Å². The summed E-state index contributed by atoms with van der Waals surface area (Å²) >= 11 is 0. The Hall–Kier alpha value is -11.2. The van der Waals surface area contributed by atoms with Crippen molar-refractivity contribution in [2.45, 2.75) is 380 Å². The van der Waals surface area contributed by atoms with Crippen LogP contribution >= 0.6 is 0 Å². The van der Waals surface area contributed by atoms with Crippen LogP contribution in [0.25, 0.3) is 0 Å². The number of hydrogen-bond acceptors (Lipinski definition) is 21. The lowest BCUT2D eigenvalue weighted by molar-refractivity contribution is 0.416. The number of aryl methyl sites for hydroxylation is 5. The molecule has 0 fully saturated rings. The standard InChI is InChI=1S/C32H49N5O.C30H45N5O2.2C28H41N5O/c1-8-14-17-24(11-4)29-30(33-27-21-20-25(22-23(27)7)36(12-5)13-6)31-34-28(19-16-10-3)26(18-15-9-2)32(38)37(31)35-29;1-9-12-13-14-15-16-23-26(20(4)5)32-29-28(27(21(6)7)33-35(29)30(23)36)31-24-18-17-22(19-25(24)37-8)34(10-2)11-3;1-9-13-14-21(10-2)25-26(27-30-24(18(5)6)20(8)28(34)33(27)31-25)29-23-16-15-22(17-19(23)7)32(11-3)12-4;1-8-11-12-13-14-15-23-21(7)29-27-26(25(19(4)5)31-33(27)28(23)34)30-24-17-16-22(18-20(24)6)32(9-2)10-3/h20-22,24H,8-19H2,1-7H3;17-21H,9-16H2,1-8H3;15-18,21H,9-14H2,1-8H3;16-19H,8-15H2,1-7H3. The van der Waals surface area contributed by atoms with Crippen molar-refractivity contribution in [3.63, 3.8) is 0 Å². The van der Waals surface area contributed by atoms with E-state index in [4.69, 9.17) is 65.0 Å². The number of ether oxygens (including phenoxy) is 1. The predicted molar refractivity (Wildman–Crippen MR) is 607 cm³/mol. The molecule has 2 atom stereocenters. The van der Waals surface area contributed by atoms with E-state index < -0.39 is 0 Å². The molecule has 0 amide bonds. The molecular formula is C118H176N20O5. The molecule has 0 radical (unpaired) electrons. The van der Waals surface area contributed by atoms with Crippen LogP contribution in [0, 0.1) is 58.3 Å². The Morgan fingerprint density at radius 2 is 0.629 bits per heavy atom. The molecule has 778 valence electrons. The van der Waals surface area contributed by atoms with E-state index >= 15 is 0 Å². The number of unbranched alkanes of at least 4 members (excludes halogenated alkanes) is 12. The molecule has 8 aromatic rings. The number of hydrogen-bond donors (Lipinski definition) is 0. The summed E-state index contributed by atoms with van der Waals surface area (Å²) in [6.07, 6.45) is 27.3. The quantitative estimate of drug-likeness (QED) is 0.0322. The van der Waals surface area contributed by atoms with E-state index in [2.05, 4.69) is 267 Å². The van der Waals surface area contributed by atoms with Gasteiger partial charge in [-0.2, -0.15) is 39.1 Å². The van der Waals surface area contributed by atoms with E-state index in [0.717, 1.165) is 294 Å². The van der Waals surface area contributed by atoms with Gasteiger partial charge in [-0.15, -0.1) is 0 Å². The predicted octanol–water partition coefficient (Wildman–Crippen LogP) is 27.0. The monoisotopic (exact) mass is 1950 g/mol. The SMILES string of the molecule is CCCCC(CC)C1=Nn2c(nc(C(C)C)c(C)c2=O)C1=Nc1ccc(N(CC)CC)cc1C.CCCCCCCc1c(C(C)C)nc2n(c1=O)N=C(C(C)C)C2=Nc1ccc(N(CC)CC)cc1OC.CCCCCCCc1c(C)nc2n(c1=O)N=C(C(C)C)C2=Nc1ccc(N(CC)CC)cc1C.CCCCc1nc2n(c(=O)c1CCCC)N=C(C(CC)CCCC)C2=Nc1ccc(N(CC)CC)cc1C. The van der Waals surface area contributed by atoms with Gasteiger partial charge in [0, 0.05) is 121 Å². The van der Waals surface area contributed by atoms with Gasteiger partial charge in [0.1, 0.15) is 34.3 Å². The minimum absolute atomic E-state index is 0.00352. The van der Waals surface area contributed by atoms with Crippen LogP contribution in [0.4, 0.5) is 45.5 Å². The van der Waals surface area contributed by atoms with Crippen LogP contribution in [0.2, 0.25) is 0 Å². The molecule has 8 heterocycles. The highest BCUT2D eigenvalue weighted by Crippen LogP contribution is 2.38.